The molecule has 0 aromatic carbocycles. The Morgan fingerprint density at radius 2 is 1.06 bits per heavy atom. The molecule has 0 rings (SSSR count). The number of allylic oxidation sites excluding steroid dienone is 1. The van der Waals surface area contributed by atoms with Gasteiger partial charge in [-0.1, -0.05) is 61.5 Å². The summed E-state index contributed by atoms with van der Waals surface area (Å²) in [5, 5.41) is 0. The molecule has 0 aromatic rings. The summed E-state index contributed by atoms with van der Waals surface area (Å²) >= 11 is 0. The zero-order valence-corrected chi connectivity index (χ0v) is 23.4. The fourth-order valence-corrected chi connectivity index (χ4v) is 3.43. The third kappa shape index (κ3) is 18.3. The summed E-state index contributed by atoms with van der Waals surface area (Å²) in [5.41, 5.74) is 0. The Labute approximate surface area is 213 Å². The highest BCUT2D eigenvalue weighted by molar-refractivity contribution is 5.92. The van der Waals surface area contributed by atoms with Crippen molar-refractivity contribution in [3.8, 4) is 0 Å². The number of carbonyl (C=O) groups is 4. The van der Waals surface area contributed by atoms with Gasteiger partial charge in [0.25, 0.3) is 0 Å². The van der Waals surface area contributed by atoms with Crippen LogP contribution in [0.2, 0.25) is 0 Å². The Hall–Kier alpha value is -1.66. The van der Waals surface area contributed by atoms with E-state index in [4.69, 9.17) is 9.47 Å². The highest BCUT2D eigenvalue weighted by Gasteiger charge is 2.22. The number of rotatable bonds is 21. The van der Waals surface area contributed by atoms with Gasteiger partial charge in [-0.3, -0.25) is 19.2 Å². The van der Waals surface area contributed by atoms with E-state index in [1.165, 1.54) is 12.2 Å². The Balaban J connectivity index is 4.61. The largest absolute Gasteiger partial charge is 0.363 e. The molecule has 0 spiro atoms. The van der Waals surface area contributed by atoms with Gasteiger partial charge in [0.1, 0.15) is 25.4 Å². The summed E-state index contributed by atoms with van der Waals surface area (Å²) in [4.78, 5) is 49.4. The van der Waals surface area contributed by atoms with E-state index < -0.39 is 12.2 Å². The van der Waals surface area contributed by atoms with E-state index in [2.05, 4.69) is 27.7 Å². The minimum atomic E-state index is -0.577. The van der Waals surface area contributed by atoms with Crippen molar-refractivity contribution in [1.29, 1.82) is 0 Å². The van der Waals surface area contributed by atoms with Gasteiger partial charge >= 0.3 is 0 Å². The number of Topliss-reactive ketones (excluding diaryl/α,β-unsaturated/α-hetero) is 3. The number of ketones is 4. The molecule has 6 nitrogen and oxygen atoms in total. The van der Waals surface area contributed by atoms with Crippen LogP contribution in [0.25, 0.3) is 0 Å². The van der Waals surface area contributed by atoms with Crippen LogP contribution in [0.1, 0.15) is 100 Å². The van der Waals surface area contributed by atoms with Crippen molar-refractivity contribution in [3.63, 3.8) is 0 Å². The normalized spacial score (nSPS) is 13.8. The maximum absolute atomic E-state index is 12.5. The fraction of sp³-hybridized carbons (Fsp3) is 0.793. The molecular weight excluding hydrogens is 444 g/mol. The zero-order chi connectivity index (χ0) is 27.0. The smallest absolute Gasteiger partial charge is 0.181 e. The molecule has 0 bridgehead atoms. The first-order valence-electron chi connectivity index (χ1n) is 13.3. The molecule has 0 amide bonds. The second-order valence-electron chi connectivity index (χ2n) is 11.3. The van der Waals surface area contributed by atoms with Crippen molar-refractivity contribution < 1.29 is 28.7 Å². The van der Waals surface area contributed by atoms with E-state index in [9.17, 15) is 19.2 Å². The summed E-state index contributed by atoms with van der Waals surface area (Å²) in [6, 6.07) is 0. The minimum Gasteiger partial charge on any atom is -0.363 e. The summed E-state index contributed by atoms with van der Waals surface area (Å²) in [6.45, 7) is 16.0. The molecular formula is C29H50O6. The Morgan fingerprint density at radius 3 is 1.46 bits per heavy atom. The van der Waals surface area contributed by atoms with Gasteiger partial charge < -0.3 is 9.47 Å². The van der Waals surface area contributed by atoms with Crippen LogP contribution < -0.4 is 0 Å². The summed E-state index contributed by atoms with van der Waals surface area (Å²) < 4.78 is 11.3. The predicted molar refractivity (Wildman–Crippen MR) is 140 cm³/mol. The first kappa shape index (κ1) is 33.3. The first-order chi connectivity index (χ1) is 16.3. The molecule has 0 saturated heterocycles. The molecule has 6 heteroatoms. The quantitative estimate of drug-likeness (QED) is 0.183. The first-order valence-corrected chi connectivity index (χ1v) is 13.3. The topological polar surface area (TPSA) is 86.7 Å². The average molecular weight is 495 g/mol. The van der Waals surface area contributed by atoms with Gasteiger partial charge in [-0.05, 0) is 55.4 Å². The average Bonchev–Trinajstić information content (AvgIpc) is 2.75. The molecule has 0 unspecified atom stereocenters. The van der Waals surface area contributed by atoms with Gasteiger partial charge in [0, 0.05) is 19.3 Å². The monoisotopic (exact) mass is 494 g/mol. The Kier molecular flexibility index (Phi) is 17.7. The van der Waals surface area contributed by atoms with Gasteiger partial charge in [0.05, 0.1) is 0 Å². The second kappa shape index (κ2) is 18.6. The molecule has 0 aliphatic rings. The standard InChI is InChI=1S/C29H50O6/c1-20(2)12-14-26(32)28(16-22(5)6)34-18-24(30)10-9-11-25(31)19-35-29(17-23(7)8)27(33)15-13-21(3)4/h9-10,20-23,28-29H,11-19H2,1-8H3/b10-9+/t28-,29-/m1/s1. The number of hydrogen-bond acceptors (Lipinski definition) is 6. The summed E-state index contributed by atoms with van der Waals surface area (Å²) in [6.07, 6.45) is 5.39. The van der Waals surface area contributed by atoms with Crippen molar-refractivity contribution in [2.45, 2.75) is 113 Å². The highest BCUT2D eigenvalue weighted by Crippen LogP contribution is 2.16. The van der Waals surface area contributed by atoms with Crippen molar-refractivity contribution in [2.75, 3.05) is 13.2 Å². The number of ether oxygens (including phenoxy) is 2. The van der Waals surface area contributed by atoms with E-state index in [1.807, 2.05) is 27.7 Å². The second-order valence-corrected chi connectivity index (χ2v) is 11.3. The molecule has 0 radical (unpaired) electrons. The van der Waals surface area contributed by atoms with Gasteiger partial charge in [-0.2, -0.15) is 0 Å². The third-order valence-electron chi connectivity index (χ3n) is 5.55. The molecule has 35 heavy (non-hydrogen) atoms. The van der Waals surface area contributed by atoms with Gasteiger partial charge in [0.15, 0.2) is 23.1 Å². The van der Waals surface area contributed by atoms with E-state index >= 15 is 0 Å². The highest BCUT2D eigenvalue weighted by atomic mass is 16.5. The predicted octanol–water partition coefficient (Wildman–Crippen LogP) is 5.94. The minimum absolute atomic E-state index is 0.0374. The molecule has 202 valence electrons. The SMILES string of the molecule is CC(C)CCC(=O)[C@@H](CC(C)C)OCC(=O)/C=C/CC(=O)CO[C@H](CC(C)C)C(=O)CCC(C)C. The third-order valence-corrected chi connectivity index (χ3v) is 5.55. The molecule has 0 fully saturated rings. The molecule has 0 N–H and O–H groups in total. The Bertz CT molecular complexity index is 675. The van der Waals surface area contributed by atoms with Crippen LogP contribution in [0.5, 0.6) is 0 Å². The summed E-state index contributed by atoms with van der Waals surface area (Å²) in [7, 11) is 0. The molecule has 0 aromatic heterocycles. The summed E-state index contributed by atoms with van der Waals surface area (Å²) in [5.74, 6) is 1.04. The van der Waals surface area contributed by atoms with Crippen LogP contribution in [-0.2, 0) is 28.7 Å². The molecule has 0 aliphatic carbocycles. The van der Waals surface area contributed by atoms with E-state index in [0.29, 0.717) is 37.5 Å². The Morgan fingerprint density at radius 1 is 0.629 bits per heavy atom. The van der Waals surface area contributed by atoms with Gasteiger partial charge in [0.2, 0.25) is 0 Å². The lowest BCUT2D eigenvalue weighted by Gasteiger charge is -2.19. The van der Waals surface area contributed by atoms with E-state index in [0.717, 1.165) is 12.8 Å². The molecule has 2 atom stereocenters. The van der Waals surface area contributed by atoms with Crippen molar-refractivity contribution >= 4 is 23.1 Å². The number of carbonyl (C=O) groups excluding carboxylic acids is 4. The van der Waals surface area contributed by atoms with Crippen molar-refractivity contribution in [3.05, 3.63) is 12.2 Å². The van der Waals surface area contributed by atoms with Gasteiger partial charge in [-0.15, -0.1) is 0 Å². The lowest BCUT2D eigenvalue weighted by Crippen LogP contribution is -2.29. The lowest BCUT2D eigenvalue weighted by molar-refractivity contribution is -0.136. The van der Waals surface area contributed by atoms with E-state index in [-0.39, 0.29) is 54.6 Å². The van der Waals surface area contributed by atoms with Crippen molar-refractivity contribution in [2.24, 2.45) is 23.7 Å². The van der Waals surface area contributed by atoms with Crippen molar-refractivity contribution in [1.82, 2.24) is 0 Å². The fourth-order valence-electron chi connectivity index (χ4n) is 3.43. The van der Waals surface area contributed by atoms with Crippen LogP contribution in [-0.4, -0.2) is 48.6 Å². The molecule has 0 aliphatic heterocycles. The van der Waals surface area contributed by atoms with Crippen LogP contribution in [0.3, 0.4) is 0 Å². The maximum atomic E-state index is 12.5. The molecule has 0 heterocycles. The van der Waals surface area contributed by atoms with Crippen LogP contribution in [0.15, 0.2) is 12.2 Å². The molecule has 0 saturated carbocycles. The van der Waals surface area contributed by atoms with E-state index in [1.54, 1.807) is 0 Å². The number of hydrogen-bond donors (Lipinski definition) is 0. The lowest BCUT2D eigenvalue weighted by atomic mass is 9.97. The maximum Gasteiger partial charge on any atom is 0.181 e. The van der Waals surface area contributed by atoms with Gasteiger partial charge in [-0.25, -0.2) is 0 Å². The zero-order valence-electron chi connectivity index (χ0n) is 23.4. The van der Waals surface area contributed by atoms with Crippen LogP contribution in [0.4, 0.5) is 0 Å². The van der Waals surface area contributed by atoms with Crippen LogP contribution in [0, 0.1) is 23.7 Å². The van der Waals surface area contributed by atoms with Crippen LogP contribution >= 0.6 is 0 Å².